The monoisotopic (exact) mass is 1080 g/mol. The average Bonchev–Trinajstić information content (AvgIpc) is 4.05. The normalized spacial score (nSPS) is 19.6. The summed E-state index contributed by atoms with van der Waals surface area (Å²) in [5.74, 6) is -10.5. The molecule has 4 rings (SSSR count). The summed E-state index contributed by atoms with van der Waals surface area (Å²) in [6.45, 7) is -3.06. The van der Waals surface area contributed by atoms with E-state index in [1.165, 1.54) is 0 Å². The molecule has 0 bridgehead atoms. The lowest BCUT2D eigenvalue weighted by molar-refractivity contribution is -0.798. The highest BCUT2D eigenvalue weighted by molar-refractivity contribution is 14.1. The van der Waals surface area contributed by atoms with Crippen molar-refractivity contribution < 1.29 is 62.5 Å². The van der Waals surface area contributed by atoms with E-state index in [-0.39, 0.29) is 19.0 Å². The minimum Gasteiger partial charge on any atom is -0.480 e. The molecule has 2 aromatic carbocycles. The highest BCUT2D eigenvalue weighted by Crippen LogP contribution is 2.67. The van der Waals surface area contributed by atoms with Crippen molar-refractivity contribution in [1.82, 2.24) is 37.2 Å². The van der Waals surface area contributed by atoms with Crippen LogP contribution in [0.15, 0.2) is 48.5 Å². The molecule has 2 aliphatic rings. The first kappa shape index (κ1) is 48.3. The van der Waals surface area contributed by atoms with Crippen LogP contribution in [0.1, 0.15) is 24.0 Å². The number of hydrogen-bond acceptors (Lipinski definition) is 13. The SMILES string of the molecule is NCC(=O)[N@@+]12O[C@]1(NCC(=O)N[C@@H](CC(N)=O)C(=O)NCC(=O)N[C@@H](CC(N)=O)C(=O)NCC(=O)N[C@@H](Cc1ccc(I)cc1)C(=O)NCC(=O)O)[C@@H]2Cc1ccc(I)cc1. The van der Waals surface area contributed by atoms with Gasteiger partial charge in [0.05, 0.1) is 32.5 Å². The molecule has 2 aliphatic heterocycles. The number of nitrogens with zero attached hydrogens (tertiary/aromatic N) is 1. The Morgan fingerprint density at radius 2 is 1.08 bits per heavy atom. The molecular weight excluding hydrogens is 1030 g/mol. The first-order chi connectivity index (χ1) is 28.8. The predicted octanol–water partition coefficient (Wildman–Crippen LogP) is -4.81. The van der Waals surface area contributed by atoms with Crippen molar-refractivity contribution in [2.75, 3.05) is 32.7 Å². The van der Waals surface area contributed by atoms with E-state index >= 15 is 0 Å². The summed E-state index contributed by atoms with van der Waals surface area (Å²) in [4.78, 5) is 130. The van der Waals surface area contributed by atoms with Crippen molar-refractivity contribution in [3.8, 4) is 0 Å². The third-order valence-electron chi connectivity index (χ3n) is 9.34. The molecule has 0 aromatic heterocycles. The first-order valence-electron chi connectivity index (χ1n) is 18.4. The fourth-order valence-corrected chi connectivity index (χ4v) is 7.05. The lowest BCUT2D eigenvalue weighted by Crippen LogP contribution is -2.55. The number of benzene rings is 2. The molecule has 2 heterocycles. The summed E-state index contributed by atoms with van der Waals surface area (Å²) >= 11 is 4.24. The number of fused-ring (bicyclic) bond motifs is 1. The van der Waals surface area contributed by atoms with E-state index in [1.54, 1.807) is 24.3 Å². The van der Waals surface area contributed by atoms with Gasteiger partial charge in [-0.25, -0.2) is 10.1 Å². The second-order valence-corrected chi connectivity index (χ2v) is 16.3. The number of nitrogens with one attached hydrogen (secondary N) is 7. The number of amides is 9. The van der Waals surface area contributed by atoms with Gasteiger partial charge in [-0.3, -0.25) is 43.2 Å². The van der Waals surface area contributed by atoms with E-state index in [0.29, 0.717) is 12.0 Å². The van der Waals surface area contributed by atoms with Crippen LogP contribution in [0.2, 0.25) is 0 Å². The fraction of sp³-hybridized carbons (Fsp3) is 0.389. The molecule has 2 fully saturated rings. The minimum atomic E-state index is -1.64. The molecule has 2 saturated heterocycles. The van der Waals surface area contributed by atoms with Gasteiger partial charge in [0.15, 0.2) is 0 Å². The highest BCUT2D eigenvalue weighted by atomic mass is 127. The van der Waals surface area contributed by atoms with Crippen LogP contribution < -0.4 is 54.4 Å². The van der Waals surface area contributed by atoms with E-state index in [0.717, 1.165) is 12.7 Å². The van der Waals surface area contributed by atoms with Gasteiger partial charge in [-0.1, -0.05) is 29.1 Å². The number of halogens is 2. The van der Waals surface area contributed by atoms with Crippen LogP contribution in [0, 0.1) is 7.14 Å². The van der Waals surface area contributed by atoms with Crippen LogP contribution in [0.25, 0.3) is 0 Å². The zero-order chi connectivity index (χ0) is 45.1. The van der Waals surface area contributed by atoms with Gasteiger partial charge in [-0.15, -0.1) is 0 Å². The van der Waals surface area contributed by atoms with Gasteiger partial charge in [0.25, 0.3) is 0 Å². The predicted molar refractivity (Wildman–Crippen MR) is 226 cm³/mol. The maximum Gasteiger partial charge on any atom is 0.406 e. The lowest BCUT2D eigenvalue weighted by atomic mass is 10.1. The summed E-state index contributed by atoms with van der Waals surface area (Å²) in [6.07, 6.45) is -1.02. The summed E-state index contributed by atoms with van der Waals surface area (Å²) in [7, 11) is 0. The third-order valence-corrected chi connectivity index (χ3v) is 10.8. The molecule has 25 heteroatoms. The molecular formula is C36H44I2N11O12+. The van der Waals surface area contributed by atoms with Gasteiger partial charge in [0.2, 0.25) is 53.3 Å². The number of carboxylic acids is 1. The van der Waals surface area contributed by atoms with Crippen molar-refractivity contribution in [1.29, 1.82) is 0 Å². The van der Waals surface area contributed by atoms with E-state index in [2.05, 4.69) is 82.4 Å². The number of quaternary nitrogens is 1. The quantitative estimate of drug-likeness (QED) is 0.0267. The summed E-state index contributed by atoms with van der Waals surface area (Å²) < 4.78 is 1.50. The topological polar surface area (TPSA) is 366 Å². The molecule has 0 unspecified atom stereocenters. The van der Waals surface area contributed by atoms with Crippen molar-refractivity contribution in [2.24, 2.45) is 17.2 Å². The Hall–Kier alpha value is -5.36. The Morgan fingerprint density at radius 3 is 1.54 bits per heavy atom. The maximum absolute atomic E-state index is 13.0. The number of aliphatic carboxylic acids is 1. The Balaban J connectivity index is 1.28. The molecule has 14 N–H and O–H groups in total. The molecule has 328 valence electrons. The Kier molecular flexibility index (Phi) is 17.0. The summed E-state index contributed by atoms with van der Waals surface area (Å²) in [5, 5.41) is 25.4. The molecule has 2 aromatic rings. The Morgan fingerprint density at radius 1 is 0.656 bits per heavy atom. The molecule has 0 saturated carbocycles. The van der Waals surface area contributed by atoms with Gasteiger partial charge in [0.1, 0.15) is 31.2 Å². The number of carboxylic acid groups (broad SMARTS) is 1. The van der Waals surface area contributed by atoms with E-state index in [4.69, 9.17) is 27.1 Å². The molecule has 6 atom stereocenters. The van der Waals surface area contributed by atoms with Gasteiger partial charge in [0, 0.05) is 20.0 Å². The largest absolute Gasteiger partial charge is 0.480 e. The number of hydroxylamine groups is 3. The van der Waals surface area contributed by atoms with Gasteiger partial charge in [-0.05, 0) is 85.2 Å². The molecule has 23 nitrogen and oxygen atoms in total. The van der Waals surface area contributed by atoms with Crippen LogP contribution in [0.4, 0.5) is 0 Å². The van der Waals surface area contributed by atoms with Gasteiger partial charge >= 0.3 is 17.7 Å². The minimum absolute atomic E-state index is 0.0305. The maximum atomic E-state index is 13.0. The molecule has 0 aliphatic carbocycles. The Bertz CT molecular complexity index is 2060. The van der Waals surface area contributed by atoms with Crippen LogP contribution >= 0.6 is 45.2 Å². The van der Waals surface area contributed by atoms with E-state index < -0.39 is 127 Å². The lowest BCUT2D eigenvalue weighted by Gasteiger charge is -2.20. The van der Waals surface area contributed by atoms with Crippen molar-refractivity contribution in [3.05, 3.63) is 66.8 Å². The molecule has 9 amide bonds. The first-order valence-corrected chi connectivity index (χ1v) is 20.5. The standard InChI is InChI=1S/C36H43I2N11O12/c37-20-5-1-18(2-6-20)9-22(33(58)44-17-32(56)57)46-28(52)14-42-34(59)23(11-26(40)50)47-29(53)15-43-35(60)24(12-27(41)51)48-30(54)16-45-36-25(49(36,61-36)31(55)13-39)10-19-3-7-21(38)8-4-19/h1-8,22-25,45H,9-17,39H2,(H10-,40,41,42,43,44,46,47,48,50,51,52,53,54,56,57,58,59,60)/p+1/t22-,23-,24-,25-,36-,49+/m0/s1. The highest BCUT2D eigenvalue weighted by Gasteiger charge is 3.06. The Labute approximate surface area is 374 Å². The van der Waals surface area contributed by atoms with Crippen molar-refractivity contribution in [2.45, 2.75) is 55.7 Å². The third kappa shape index (κ3) is 13.3. The molecule has 0 spiro atoms. The van der Waals surface area contributed by atoms with Crippen LogP contribution in [-0.4, -0.2) is 132 Å². The van der Waals surface area contributed by atoms with Crippen molar-refractivity contribution >= 4 is 104 Å². The smallest absolute Gasteiger partial charge is 0.406 e. The summed E-state index contributed by atoms with van der Waals surface area (Å²) in [5.41, 5.74) is 17.7. The average molecular weight is 1080 g/mol. The number of nitrogens with two attached hydrogens (primary N) is 3. The van der Waals surface area contributed by atoms with Crippen LogP contribution in [0.5, 0.6) is 0 Å². The van der Waals surface area contributed by atoms with Crippen LogP contribution in [-0.2, 0) is 65.6 Å². The zero-order valence-electron chi connectivity index (χ0n) is 32.2. The summed E-state index contributed by atoms with van der Waals surface area (Å²) in [6, 6.07) is 9.71. The number of carbonyl (C=O) groups is 10. The van der Waals surface area contributed by atoms with E-state index in [9.17, 15) is 47.9 Å². The van der Waals surface area contributed by atoms with E-state index in [1.807, 2.05) is 24.3 Å². The fourth-order valence-electron chi connectivity index (χ4n) is 6.33. The number of primary amides is 2. The van der Waals surface area contributed by atoms with Gasteiger partial charge in [-0.2, -0.15) is 0 Å². The number of rotatable bonds is 24. The second kappa shape index (κ2) is 21.4. The molecule has 61 heavy (non-hydrogen) atoms. The van der Waals surface area contributed by atoms with Gasteiger partial charge < -0.3 is 54.2 Å². The second-order valence-electron chi connectivity index (χ2n) is 13.8. The molecule has 0 radical (unpaired) electrons. The number of hydrogen-bond donors (Lipinski definition) is 11. The number of carbonyl (C=O) groups excluding carboxylic acids is 9. The van der Waals surface area contributed by atoms with Crippen molar-refractivity contribution in [3.63, 3.8) is 0 Å². The van der Waals surface area contributed by atoms with Crippen LogP contribution in [0.3, 0.4) is 0 Å². The zero-order valence-corrected chi connectivity index (χ0v) is 36.5.